The summed E-state index contributed by atoms with van der Waals surface area (Å²) in [5, 5.41) is 1.08. The summed E-state index contributed by atoms with van der Waals surface area (Å²) in [6.45, 7) is 1.33. The van der Waals surface area contributed by atoms with Gasteiger partial charge in [0.15, 0.2) is 0 Å². The number of pyridine rings is 1. The van der Waals surface area contributed by atoms with Crippen LogP contribution in [0.4, 0.5) is 0 Å². The number of halogens is 2. The van der Waals surface area contributed by atoms with E-state index in [2.05, 4.69) is 9.88 Å². The van der Waals surface area contributed by atoms with Gasteiger partial charge in [-0.2, -0.15) is 0 Å². The fraction of sp³-hybridized carbons (Fsp3) is 0.250. The summed E-state index contributed by atoms with van der Waals surface area (Å²) < 4.78 is 5.27. The molecular formula is C12H12Cl2N2O. The van der Waals surface area contributed by atoms with Gasteiger partial charge in [-0.25, -0.2) is 4.98 Å². The summed E-state index contributed by atoms with van der Waals surface area (Å²) in [6.07, 6.45) is 1.66. The molecule has 0 aromatic carbocycles. The minimum Gasteiger partial charge on any atom is -0.468 e. The molecule has 0 amide bonds. The molecule has 0 N–H and O–H groups in total. The number of hydrogen-bond donors (Lipinski definition) is 0. The molecule has 0 saturated carbocycles. The summed E-state index contributed by atoms with van der Waals surface area (Å²) in [7, 11) is 1.97. The van der Waals surface area contributed by atoms with Crippen LogP contribution in [0.3, 0.4) is 0 Å². The van der Waals surface area contributed by atoms with Crippen molar-refractivity contribution in [3.05, 3.63) is 52.2 Å². The number of furan rings is 1. The van der Waals surface area contributed by atoms with Crippen LogP contribution in [0.15, 0.2) is 34.9 Å². The Hall–Kier alpha value is -1.03. The zero-order chi connectivity index (χ0) is 12.3. The highest BCUT2D eigenvalue weighted by molar-refractivity contribution is 6.32. The van der Waals surface area contributed by atoms with Crippen molar-refractivity contribution >= 4 is 23.2 Å². The Bertz CT molecular complexity index is 485. The molecule has 0 aliphatic rings. The third-order valence-electron chi connectivity index (χ3n) is 2.31. The summed E-state index contributed by atoms with van der Waals surface area (Å²) in [5.74, 6) is 0.908. The largest absolute Gasteiger partial charge is 0.468 e. The fourth-order valence-corrected chi connectivity index (χ4v) is 1.88. The Morgan fingerprint density at radius 3 is 2.76 bits per heavy atom. The molecule has 2 aromatic rings. The predicted molar refractivity (Wildman–Crippen MR) is 68.1 cm³/mol. The molecule has 0 fully saturated rings. The molecule has 0 unspecified atom stereocenters. The molecule has 0 aliphatic carbocycles. The molecule has 0 radical (unpaired) electrons. The first-order valence-corrected chi connectivity index (χ1v) is 5.92. The average Bonchev–Trinajstić information content (AvgIpc) is 2.76. The van der Waals surface area contributed by atoms with Crippen LogP contribution in [0.25, 0.3) is 0 Å². The van der Waals surface area contributed by atoms with E-state index in [-0.39, 0.29) is 0 Å². The van der Waals surface area contributed by atoms with Crippen molar-refractivity contribution in [2.75, 3.05) is 7.05 Å². The maximum absolute atomic E-state index is 6.05. The van der Waals surface area contributed by atoms with Gasteiger partial charge in [0.1, 0.15) is 10.9 Å². The van der Waals surface area contributed by atoms with E-state index in [0.717, 1.165) is 11.5 Å². The average molecular weight is 271 g/mol. The molecule has 2 rings (SSSR count). The van der Waals surface area contributed by atoms with Crippen molar-refractivity contribution in [2.24, 2.45) is 0 Å². The van der Waals surface area contributed by atoms with Crippen LogP contribution in [0.2, 0.25) is 10.2 Å². The van der Waals surface area contributed by atoms with Crippen LogP contribution in [-0.4, -0.2) is 16.9 Å². The first-order chi connectivity index (χ1) is 8.15. The zero-order valence-corrected chi connectivity index (χ0v) is 10.9. The lowest BCUT2D eigenvalue weighted by molar-refractivity contribution is 0.285. The van der Waals surface area contributed by atoms with Gasteiger partial charge in [0.2, 0.25) is 0 Å². The lowest BCUT2D eigenvalue weighted by atomic mass is 10.3. The van der Waals surface area contributed by atoms with Gasteiger partial charge in [0.25, 0.3) is 0 Å². The molecule has 0 spiro atoms. The third-order valence-corrected chi connectivity index (χ3v) is 2.86. The Morgan fingerprint density at radius 1 is 1.24 bits per heavy atom. The second kappa shape index (κ2) is 5.54. The van der Waals surface area contributed by atoms with Gasteiger partial charge in [-0.05, 0) is 31.3 Å². The minimum absolute atomic E-state index is 0.454. The van der Waals surface area contributed by atoms with Crippen molar-refractivity contribution in [2.45, 2.75) is 13.1 Å². The van der Waals surface area contributed by atoms with E-state index in [1.165, 1.54) is 0 Å². The number of rotatable bonds is 4. The fourth-order valence-electron chi connectivity index (χ4n) is 1.55. The summed E-state index contributed by atoms with van der Waals surface area (Å²) in [5.41, 5.74) is 0.772. The maximum atomic E-state index is 6.05. The van der Waals surface area contributed by atoms with Gasteiger partial charge in [-0.1, -0.05) is 23.2 Å². The second-order valence-electron chi connectivity index (χ2n) is 3.81. The Kier molecular flexibility index (Phi) is 4.05. The Balaban J connectivity index is 2.02. The van der Waals surface area contributed by atoms with E-state index in [0.29, 0.717) is 23.3 Å². The smallest absolute Gasteiger partial charge is 0.129 e. The number of hydrogen-bond acceptors (Lipinski definition) is 3. The zero-order valence-electron chi connectivity index (χ0n) is 9.36. The molecule has 0 aliphatic heterocycles. The standard InChI is InChI=1S/C12H12Cl2N2O/c1-16(7-9-3-2-6-17-9)8-11-10(13)4-5-12(14)15-11/h2-6H,7-8H2,1H3. The van der Waals surface area contributed by atoms with Gasteiger partial charge in [0, 0.05) is 6.54 Å². The Labute approximate surface area is 110 Å². The topological polar surface area (TPSA) is 29.3 Å². The highest BCUT2D eigenvalue weighted by atomic mass is 35.5. The van der Waals surface area contributed by atoms with Gasteiger partial charge >= 0.3 is 0 Å². The van der Waals surface area contributed by atoms with E-state index in [1.54, 1.807) is 18.4 Å². The SMILES string of the molecule is CN(Cc1ccco1)Cc1nc(Cl)ccc1Cl. The van der Waals surface area contributed by atoms with Crippen molar-refractivity contribution in [1.29, 1.82) is 0 Å². The van der Waals surface area contributed by atoms with Crippen LogP contribution >= 0.6 is 23.2 Å². The monoisotopic (exact) mass is 270 g/mol. The van der Waals surface area contributed by atoms with E-state index in [1.807, 2.05) is 19.2 Å². The van der Waals surface area contributed by atoms with Gasteiger partial charge in [-0.15, -0.1) is 0 Å². The lowest BCUT2D eigenvalue weighted by Gasteiger charge is -2.15. The van der Waals surface area contributed by atoms with Crippen molar-refractivity contribution in [3.8, 4) is 0 Å². The highest BCUT2D eigenvalue weighted by Gasteiger charge is 2.08. The molecule has 0 bridgehead atoms. The van der Waals surface area contributed by atoms with Crippen molar-refractivity contribution in [3.63, 3.8) is 0 Å². The molecule has 90 valence electrons. The van der Waals surface area contributed by atoms with Gasteiger partial charge < -0.3 is 4.42 Å². The van der Waals surface area contributed by atoms with E-state index in [4.69, 9.17) is 27.6 Å². The minimum atomic E-state index is 0.454. The van der Waals surface area contributed by atoms with Crippen LogP contribution < -0.4 is 0 Å². The van der Waals surface area contributed by atoms with Gasteiger partial charge in [-0.3, -0.25) is 4.90 Å². The van der Waals surface area contributed by atoms with Crippen LogP contribution in [-0.2, 0) is 13.1 Å². The first kappa shape index (κ1) is 12.4. The van der Waals surface area contributed by atoms with Gasteiger partial charge in [0.05, 0.1) is 23.5 Å². The van der Waals surface area contributed by atoms with Crippen LogP contribution in [0.1, 0.15) is 11.5 Å². The van der Waals surface area contributed by atoms with E-state index >= 15 is 0 Å². The molecule has 0 atom stereocenters. The quantitative estimate of drug-likeness (QED) is 0.795. The maximum Gasteiger partial charge on any atom is 0.129 e. The summed E-state index contributed by atoms with van der Waals surface area (Å²) in [6, 6.07) is 7.24. The first-order valence-electron chi connectivity index (χ1n) is 5.17. The lowest BCUT2D eigenvalue weighted by Crippen LogP contribution is -2.18. The number of nitrogens with zero attached hydrogens (tertiary/aromatic N) is 2. The molecule has 2 heterocycles. The molecule has 0 saturated heterocycles. The molecule has 17 heavy (non-hydrogen) atoms. The predicted octanol–water partition coefficient (Wildman–Crippen LogP) is 3.61. The van der Waals surface area contributed by atoms with Crippen LogP contribution in [0, 0.1) is 0 Å². The molecule has 5 heteroatoms. The van der Waals surface area contributed by atoms with E-state index in [9.17, 15) is 0 Å². The Morgan fingerprint density at radius 2 is 2.06 bits per heavy atom. The molecular weight excluding hydrogens is 259 g/mol. The van der Waals surface area contributed by atoms with Crippen molar-refractivity contribution < 1.29 is 4.42 Å². The third kappa shape index (κ3) is 3.46. The normalized spacial score (nSPS) is 11.1. The molecule has 2 aromatic heterocycles. The summed E-state index contributed by atoms with van der Waals surface area (Å²) in [4.78, 5) is 6.26. The summed E-state index contributed by atoms with van der Waals surface area (Å²) >= 11 is 11.9. The number of aromatic nitrogens is 1. The van der Waals surface area contributed by atoms with Crippen molar-refractivity contribution in [1.82, 2.24) is 9.88 Å². The van der Waals surface area contributed by atoms with Crippen LogP contribution in [0.5, 0.6) is 0 Å². The molecule has 3 nitrogen and oxygen atoms in total. The van der Waals surface area contributed by atoms with E-state index < -0.39 is 0 Å². The second-order valence-corrected chi connectivity index (χ2v) is 4.61. The highest BCUT2D eigenvalue weighted by Crippen LogP contribution is 2.18.